The highest BCUT2D eigenvalue weighted by Gasteiger charge is 2.09. The van der Waals surface area contributed by atoms with Crippen molar-refractivity contribution < 1.29 is 4.79 Å². The fourth-order valence-electron chi connectivity index (χ4n) is 2.17. The minimum Gasteiger partial charge on any atom is -0.364 e. The second-order valence-electron chi connectivity index (χ2n) is 5.24. The smallest absolute Gasteiger partial charge is 0.270 e. The van der Waals surface area contributed by atoms with Crippen LogP contribution in [0.5, 0.6) is 0 Å². The van der Waals surface area contributed by atoms with E-state index in [9.17, 15) is 4.79 Å². The van der Waals surface area contributed by atoms with Gasteiger partial charge in [-0.05, 0) is 23.8 Å². The van der Waals surface area contributed by atoms with Gasteiger partial charge in [0.15, 0.2) is 0 Å². The van der Waals surface area contributed by atoms with Crippen molar-refractivity contribution >= 4 is 23.3 Å². The van der Waals surface area contributed by atoms with E-state index in [1.165, 1.54) is 6.33 Å². The van der Waals surface area contributed by atoms with E-state index in [0.29, 0.717) is 23.9 Å². The van der Waals surface area contributed by atoms with Crippen molar-refractivity contribution in [3.63, 3.8) is 0 Å². The van der Waals surface area contributed by atoms with Gasteiger partial charge in [-0.3, -0.25) is 9.78 Å². The molecule has 2 heterocycles. The van der Waals surface area contributed by atoms with Crippen LogP contribution in [0, 0.1) is 0 Å². The van der Waals surface area contributed by atoms with Crippen LogP contribution in [0.1, 0.15) is 21.7 Å². The highest BCUT2D eigenvalue weighted by molar-refractivity contribution is 6.31. The van der Waals surface area contributed by atoms with Gasteiger partial charge in [0.2, 0.25) is 0 Å². The summed E-state index contributed by atoms with van der Waals surface area (Å²) in [6, 6.07) is 14.6. The number of pyridine rings is 1. The SMILES string of the molecule is O=C(NCc1ccccc1Cl)c1cc(NCc2ccccn2)ncn1. The zero-order valence-electron chi connectivity index (χ0n) is 13.3. The van der Waals surface area contributed by atoms with Crippen LogP contribution in [-0.2, 0) is 13.1 Å². The molecular formula is C18H16ClN5O. The standard InChI is InChI=1S/C18H16ClN5O/c19-15-7-2-1-5-13(15)10-22-18(25)16-9-17(24-12-23-16)21-11-14-6-3-4-8-20-14/h1-9,12H,10-11H2,(H,22,25)(H,21,23,24). The molecule has 0 fully saturated rings. The summed E-state index contributed by atoms with van der Waals surface area (Å²) in [5, 5.41) is 6.54. The van der Waals surface area contributed by atoms with Gasteiger partial charge in [-0.2, -0.15) is 0 Å². The Morgan fingerprint density at radius 1 is 1.00 bits per heavy atom. The molecule has 0 saturated heterocycles. The molecule has 0 aliphatic rings. The number of hydrogen-bond donors (Lipinski definition) is 2. The predicted molar refractivity (Wildman–Crippen MR) is 96.2 cm³/mol. The number of carbonyl (C=O) groups is 1. The molecule has 0 saturated carbocycles. The Morgan fingerprint density at radius 2 is 1.84 bits per heavy atom. The van der Waals surface area contributed by atoms with E-state index in [2.05, 4.69) is 25.6 Å². The van der Waals surface area contributed by atoms with Gasteiger partial charge in [-0.25, -0.2) is 9.97 Å². The third-order valence-corrected chi connectivity index (χ3v) is 3.84. The van der Waals surface area contributed by atoms with Crippen molar-refractivity contribution in [2.24, 2.45) is 0 Å². The maximum atomic E-state index is 12.3. The van der Waals surface area contributed by atoms with E-state index in [0.717, 1.165) is 11.3 Å². The average molecular weight is 354 g/mol. The molecule has 0 unspecified atom stereocenters. The van der Waals surface area contributed by atoms with Crippen molar-refractivity contribution in [3.05, 3.63) is 83.0 Å². The van der Waals surface area contributed by atoms with Crippen LogP contribution in [0.15, 0.2) is 61.1 Å². The number of anilines is 1. The lowest BCUT2D eigenvalue weighted by atomic mass is 10.2. The van der Waals surface area contributed by atoms with Crippen molar-refractivity contribution in [2.75, 3.05) is 5.32 Å². The van der Waals surface area contributed by atoms with Crippen LogP contribution < -0.4 is 10.6 Å². The number of carbonyl (C=O) groups excluding carboxylic acids is 1. The van der Waals surface area contributed by atoms with Crippen molar-refractivity contribution in [1.29, 1.82) is 0 Å². The van der Waals surface area contributed by atoms with Crippen LogP contribution in [0.3, 0.4) is 0 Å². The summed E-state index contributed by atoms with van der Waals surface area (Å²) in [5.74, 6) is 0.270. The van der Waals surface area contributed by atoms with Crippen LogP contribution in [-0.4, -0.2) is 20.9 Å². The number of nitrogens with zero attached hydrogens (tertiary/aromatic N) is 3. The molecule has 0 atom stereocenters. The van der Waals surface area contributed by atoms with Gasteiger partial charge in [-0.15, -0.1) is 0 Å². The second kappa shape index (κ2) is 8.21. The normalized spacial score (nSPS) is 10.3. The van der Waals surface area contributed by atoms with E-state index in [4.69, 9.17) is 11.6 Å². The quantitative estimate of drug-likeness (QED) is 0.712. The fraction of sp³-hybridized carbons (Fsp3) is 0.111. The number of halogens is 1. The maximum Gasteiger partial charge on any atom is 0.270 e. The summed E-state index contributed by atoms with van der Waals surface area (Å²) < 4.78 is 0. The number of aromatic nitrogens is 3. The van der Waals surface area contributed by atoms with Gasteiger partial charge >= 0.3 is 0 Å². The van der Waals surface area contributed by atoms with E-state index in [1.807, 2.05) is 36.4 Å². The zero-order chi connectivity index (χ0) is 17.5. The Hall–Kier alpha value is -2.99. The van der Waals surface area contributed by atoms with Crippen molar-refractivity contribution in [2.45, 2.75) is 13.1 Å². The first-order valence-electron chi connectivity index (χ1n) is 7.70. The summed E-state index contributed by atoms with van der Waals surface area (Å²) in [6.07, 6.45) is 3.08. The monoisotopic (exact) mass is 353 g/mol. The second-order valence-corrected chi connectivity index (χ2v) is 5.64. The molecule has 1 aromatic carbocycles. The Kier molecular flexibility index (Phi) is 5.53. The molecule has 2 aromatic heterocycles. The average Bonchev–Trinajstić information content (AvgIpc) is 2.66. The zero-order valence-corrected chi connectivity index (χ0v) is 14.1. The molecule has 0 radical (unpaired) electrons. The van der Waals surface area contributed by atoms with Gasteiger partial charge in [0.1, 0.15) is 17.8 Å². The molecule has 6 nitrogen and oxygen atoms in total. The Balaban J connectivity index is 1.60. The van der Waals surface area contributed by atoms with Gasteiger partial charge in [-0.1, -0.05) is 35.9 Å². The summed E-state index contributed by atoms with van der Waals surface area (Å²) in [5.41, 5.74) is 2.01. The summed E-state index contributed by atoms with van der Waals surface area (Å²) >= 11 is 6.09. The molecule has 25 heavy (non-hydrogen) atoms. The van der Waals surface area contributed by atoms with Gasteiger partial charge in [0.25, 0.3) is 5.91 Å². The summed E-state index contributed by atoms with van der Waals surface area (Å²) in [4.78, 5) is 24.6. The number of rotatable bonds is 6. The maximum absolute atomic E-state index is 12.3. The third kappa shape index (κ3) is 4.74. The molecule has 0 aliphatic carbocycles. The molecule has 1 amide bonds. The molecule has 0 spiro atoms. The van der Waals surface area contributed by atoms with Crippen molar-refractivity contribution in [3.8, 4) is 0 Å². The van der Waals surface area contributed by atoms with Crippen LogP contribution >= 0.6 is 11.6 Å². The Labute approximate surface area is 150 Å². The van der Waals surface area contributed by atoms with Crippen LogP contribution in [0.4, 0.5) is 5.82 Å². The number of benzene rings is 1. The first kappa shape index (κ1) is 16.9. The van der Waals surface area contributed by atoms with E-state index in [-0.39, 0.29) is 11.6 Å². The molecule has 0 bridgehead atoms. The fourth-order valence-corrected chi connectivity index (χ4v) is 2.37. The first-order valence-corrected chi connectivity index (χ1v) is 8.07. The molecule has 126 valence electrons. The molecular weight excluding hydrogens is 338 g/mol. The first-order chi connectivity index (χ1) is 12.2. The minimum atomic E-state index is -0.289. The predicted octanol–water partition coefficient (Wildman–Crippen LogP) is 3.07. The van der Waals surface area contributed by atoms with Crippen LogP contribution in [0.2, 0.25) is 5.02 Å². The van der Waals surface area contributed by atoms with E-state index < -0.39 is 0 Å². The topological polar surface area (TPSA) is 79.8 Å². The molecule has 2 N–H and O–H groups in total. The highest BCUT2D eigenvalue weighted by Crippen LogP contribution is 2.14. The third-order valence-electron chi connectivity index (χ3n) is 3.47. The molecule has 0 aliphatic heterocycles. The number of amides is 1. The summed E-state index contributed by atoms with van der Waals surface area (Å²) in [7, 11) is 0. The van der Waals surface area contributed by atoms with Gasteiger partial charge in [0, 0.05) is 23.8 Å². The minimum absolute atomic E-state index is 0.283. The summed E-state index contributed by atoms with van der Waals surface area (Å²) in [6.45, 7) is 0.845. The number of nitrogens with one attached hydrogen (secondary N) is 2. The lowest BCUT2D eigenvalue weighted by molar-refractivity contribution is 0.0946. The lowest BCUT2D eigenvalue weighted by Crippen LogP contribution is -2.24. The lowest BCUT2D eigenvalue weighted by Gasteiger charge is -2.08. The van der Waals surface area contributed by atoms with E-state index in [1.54, 1.807) is 18.3 Å². The largest absolute Gasteiger partial charge is 0.364 e. The van der Waals surface area contributed by atoms with Gasteiger partial charge < -0.3 is 10.6 Å². The van der Waals surface area contributed by atoms with E-state index >= 15 is 0 Å². The van der Waals surface area contributed by atoms with Crippen molar-refractivity contribution in [1.82, 2.24) is 20.3 Å². The van der Waals surface area contributed by atoms with Crippen LogP contribution in [0.25, 0.3) is 0 Å². The molecule has 7 heteroatoms. The molecule has 3 rings (SSSR count). The highest BCUT2D eigenvalue weighted by atomic mass is 35.5. The van der Waals surface area contributed by atoms with Gasteiger partial charge in [0.05, 0.1) is 12.2 Å². The Morgan fingerprint density at radius 3 is 2.64 bits per heavy atom. The Bertz CT molecular complexity index is 857. The number of hydrogen-bond acceptors (Lipinski definition) is 5. The molecule has 3 aromatic rings.